The van der Waals surface area contributed by atoms with Crippen LogP contribution in [0.4, 0.5) is 0 Å². The Hall–Kier alpha value is -1.66. The van der Waals surface area contributed by atoms with Crippen LogP contribution in [0.1, 0.15) is 16.8 Å². The molecule has 2 heterocycles. The summed E-state index contributed by atoms with van der Waals surface area (Å²) in [5.74, 6) is -0.331. The van der Waals surface area contributed by atoms with Gasteiger partial charge in [-0.15, -0.1) is 0 Å². The number of hydrogen-bond donors (Lipinski definition) is 3. The molecule has 104 valence electrons. The van der Waals surface area contributed by atoms with Crippen molar-refractivity contribution >= 4 is 5.91 Å². The zero-order valence-electron chi connectivity index (χ0n) is 10.9. The minimum atomic E-state index is -0.250. The highest BCUT2D eigenvalue weighted by Crippen LogP contribution is 2.13. The van der Waals surface area contributed by atoms with Gasteiger partial charge in [-0.3, -0.25) is 9.78 Å². The van der Waals surface area contributed by atoms with Crippen LogP contribution in [0, 0.1) is 0 Å². The number of rotatable bonds is 5. The maximum absolute atomic E-state index is 11.8. The Labute approximate surface area is 112 Å². The molecule has 0 unspecified atom stereocenters. The molecule has 0 atom stereocenters. The second kappa shape index (κ2) is 7.06. The van der Waals surface area contributed by atoms with Crippen LogP contribution in [0.15, 0.2) is 18.5 Å². The second-order valence-electron chi connectivity index (χ2n) is 4.59. The van der Waals surface area contributed by atoms with Gasteiger partial charge in [0.1, 0.15) is 5.75 Å². The smallest absolute Gasteiger partial charge is 0.255 e. The quantitative estimate of drug-likeness (QED) is 0.643. The summed E-state index contributed by atoms with van der Waals surface area (Å²) in [4.78, 5) is 17.9. The molecule has 6 heteroatoms. The van der Waals surface area contributed by atoms with Crippen LogP contribution in [0.25, 0.3) is 0 Å². The molecule has 0 aromatic carbocycles. The molecule has 0 bridgehead atoms. The van der Waals surface area contributed by atoms with E-state index >= 15 is 0 Å². The summed E-state index contributed by atoms with van der Waals surface area (Å²) in [6.07, 6.45) is 3.68. The van der Waals surface area contributed by atoms with Crippen molar-refractivity contribution in [3.63, 3.8) is 0 Å². The largest absolute Gasteiger partial charge is 0.505 e. The van der Waals surface area contributed by atoms with Gasteiger partial charge in [-0.1, -0.05) is 0 Å². The Kier molecular flexibility index (Phi) is 5.11. The lowest BCUT2D eigenvalue weighted by Gasteiger charge is -2.27. The molecule has 1 aromatic heterocycles. The lowest BCUT2D eigenvalue weighted by atomic mass is 10.2. The SMILES string of the molecule is O=C(NCCCN1CCNCC1)c1ccncc1O. The van der Waals surface area contributed by atoms with Crippen LogP contribution in [0.3, 0.4) is 0 Å². The van der Waals surface area contributed by atoms with Gasteiger partial charge >= 0.3 is 0 Å². The van der Waals surface area contributed by atoms with E-state index < -0.39 is 0 Å². The molecule has 0 saturated carbocycles. The third-order valence-corrected chi connectivity index (χ3v) is 3.19. The molecule has 1 aliphatic rings. The minimum Gasteiger partial charge on any atom is -0.505 e. The maximum atomic E-state index is 11.8. The normalized spacial score (nSPS) is 16.2. The number of aromatic hydroxyl groups is 1. The van der Waals surface area contributed by atoms with Gasteiger partial charge in [0, 0.05) is 38.9 Å². The van der Waals surface area contributed by atoms with Crippen molar-refractivity contribution in [2.75, 3.05) is 39.3 Å². The van der Waals surface area contributed by atoms with E-state index in [4.69, 9.17) is 0 Å². The van der Waals surface area contributed by atoms with E-state index in [0.29, 0.717) is 6.54 Å². The number of carbonyl (C=O) groups is 1. The Balaban J connectivity index is 1.68. The first-order valence-corrected chi connectivity index (χ1v) is 6.61. The molecule has 1 saturated heterocycles. The first-order valence-electron chi connectivity index (χ1n) is 6.61. The Morgan fingerprint density at radius 1 is 1.47 bits per heavy atom. The fourth-order valence-electron chi connectivity index (χ4n) is 2.11. The maximum Gasteiger partial charge on any atom is 0.255 e. The molecule has 1 amide bonds. The van der Waals surface area contributed by atoms with Gasteiger partial charge in [0.2, 0.25) is 0 Å². The fourth-order valence-corrected chi connectivity index (χ4v) is 2.11. The van der Waals surface area contributed by atoms with Crippen molar-refractivity contribution < 1.29 is 9.90 Å². The number of nitrogens with zero attached hydrogens (tertiary/aromatic N) is 2. The van der Waals surface area contributed by atoms with Crippen LogP contribution in [0.5, 0.6) is 5.75 Å². The minimum absolute atomic E-state index is 0.0814. The zero-order chi connectivity index (χ0) is 13.5. The number of hydrogen-bond acceptors (Lipinski definition) is 5. The number of aromatic nitrogens is 1. The first kappa shape index (κ1) is 13.8. The molecule has 2 rings (SSSR count). The van der Waals surface area contributed by atoms with Gasteiger partial charge in [-0.25, -0.2) is 0 Å². The van der Waals surface area contributed by atoms with Crippen molar-refractivity contribution in [2.24, 2.45) is 0 Å². The van der Waals surface area contributed by atoms with E-state index in [9.17, 15) is 9.90 Å². The van der Waals surface area contributed by atoms with E-state index in [0.717, 1.165) is 39.1 Å². The first-order chi connectivity index (χ1) is 9.27. The van der Waals surface area contributed by atoms with Gasteiger partial charge < -0.3 is 20.6 Å². The number of nitrogens with one attached hydrogen (secondary N) is 2. The monoisotopic (exact) mass is 264 g/mol. The lowest BCUT2D eigenvalue weighted by molar-refractivity contribution is 0.0948. The van der Waals surface area contributed by atoms with E-state index in [2.05, 4.69) is 20.5 Å². The average Bonchev–Trinajstić information content (AvgIpc) is 2.45. The molecule has 3 N–H and O–H groups in total. The van der Waals surface area contributed by atoms with Crippen molar-refractivity contribution in [3.8, 4) is 5.75 Å². The number of amides is 1. The lowest BCUT2D eigenvalue weighted by Crippen LogP contribution is -2.44. The van der Waals surface area contributed by atoms with Gasteiger partial charge in [-0.2, -0.15) is 0 Å². The van der Waals surface area contributed by atoms with Crippen LogP contribution >= 0.6 is 0 Å². The molecule has 0 spiro atoms. The highest BCUT2D eigenvalue weighted by atomic mass is 16.3. The second-order valence-corrected chi connectivity index (χ2v) is 4.59. The summed E-state index contributed by atoms with van der Waals surface area (Å²) in [6, 6.07) is 1.51. The van der Waals surface area contributed by atoms with Crippen LogP contribution < -0.4 is 10.6 Å². The zero-order valence-corrected chi connectivity index (χ0v) is 10.9. The average molecular weight is 264 g/mol. The number of pyridine rings is 1. The predicted octanol–water partition coefficient (Wildman–Crippen LogP) is -0.188. The molecular weight excluding hydrogens is 244 g/mol. The van der Waals surface area contributed by atoms with Crippen molar-refractivity contribution in [3.05, 3.63) is 24.0 Å². The summed E-state index contributed by atoms with van der Waals surface area (Å²) < 4.78 is 0. The third kappa shape index (κ3) is 4.18. The summed E-state index contributed by atoms with van der Waals surface area (Å²) >= 11 is 0. The van der Waals surface area contributed by atoms with Gasteiger partial charge in [0.05, 0.1) is 11.8 Å². The van der Waals surface area contributed by atoms with Crippen molar-refractivity contribution in [1.82, 2.24) is 20.5 Å². The van der Waals surface area contributed by atoms with Crippen LogP contribution in [0.2, 0.25) is 0 Å². The van der Waals surface area contributed by atoms with Crippen LogP contribution in [-0.2, 0) is 0 Å². The van der Waals surface area contributed by atoms with Crippen molar-refractivity contribution in [1.29, 1.82) is 0 Å². The molecule has 1 fully saturated rings. The van der Waals surface area contributed by atoms with Crippen LogP contribution in [-0.4, -0.2) is 60.2 Å². The third-order valence-electron chi connectivity index (χ3n) is 3.19. The topological polar surface area (TPSA) is 77.5 Å². The van der Waals surface area contributed by atoms with E-state index in [1.54, 1.807) is 0 Å². The predicted molar refractivity (Wildman–Crippen MR) is 72.2 cm³/mol. The summed E-state index contributed by atoms with van der Waals surface area (Å²) in [5.41, 5.74) is 0.275. The van der Waals surface area contributed by atoms with Gasteiger partial charge in [0.15, 0.2) is 0 Å². The van der Waals surface area contributed by atoms with Gasteiger partial charge in [-0.05, 0) is 19.0 Å². The van der Waals surface area contributed by atoms with Crippen molar-refractivity contribution in [2.45, 2.75) is 6.42 Å². The standard InChI is InChI=1S/C13H20N4O2/c18-12-10-15-4-2-11(12)13(19)16-3-1-7-17-8-5-14-6-9-17/h2,4,10,14,18H,1,3,5-9H2,(H,16,19). The summed E-state index contributed by atoms with van der Waals surface area (Å²) in [7, 11) is 0. The molecule has 0 radical (unpaired) electrons. The summed E-state index contributed by atoms with van der Waals surface area (Å²) in [6.45, 7) is 5.82. The van der Waals surface area contributed by atoms with E-state index in [-0.39, 0.29) is 17.2 Å². The number of piperazine rings is 1. The Morgan fingerprint density at radius 3 is 3.00 bits per heavy atom. The Bertz CT molecular complexity index is 419. The molecule has 0 aliphatic carbocycles. The van der Waals surface area contributed by atoms with Gasteiger partial charge in [0.25, 0.3) is 5.91 Å². The molecule has 1 aromatic rings. The molecule has 1 aliphatic heterocycles. The van der Waals surface area contributed by atoms with E-state index in [1.165, 1.54) is 18.5 Å². The summed E-state index contributed by atoms with van der Waals surface area (Å²) in [5, 5.41) is 15.6. The molecular formula is C13H20N4O2. The Morgan fingerprint density at radius 2 is 2.26 bits per heavy atom. The highest BCUT2D eigenvalue weighted by Gasteiger charge is 2.11. The molecule has 19 heavy (non-hydrogen) atoms. The molecule has 6 nitrogen and oxygen atoms in total. The fraction of sp³-hybridized carbons (Fsp3) is 0.538. The van der Waals surface area contributed by atoms with E-state index in [1.807, 2.05) is 0 Å². The number of carbonyl (C=O) groups excluding carboxylic acids is 1. The highest BCUT2D eigenvalue weighted by molar-refractivity contribution is 5.96.